The summed E-state index contributed by atoms with van der Waals surface area (Å²) in [5, 5.41) is 0. The van der Waals surface area contributed by atoms with E-state index in [9.17, 15) is 9.59 Å². The van der Waals surface area contributed by atoms with Gasteiger partial charge in [0.15, 0.2) is 6.61 Å². The van der Waals surface area contributed by atoms with Gasteiger partial charge in [0.25, 0.3) is 0 Å². The minimum absolute atomic E-state index is 0.126. The monoisotopic (exact) mass is 502 g/mol. The molecular formula is C32H38O5. The lowest BCUT2D eigenvalue weighted by atomic mass is 9.47. The first kappa shape index (κ1) is 25.6. The molecule has 0 aliphatic heterocycles. The second-order valence-corrected chi connectivity index (χ2v) is 12.3. The molecule has 0 heterocycles. The summed E-state index contributed by atoms with van der Waals surface area (Å²) in [5.74, 6) is 2.25. The molecule has 0 unspecified atom stereocenters. The Morgan fingerprint density at radius 2 is 1.54 bits per heavy atom. The summed E-state index contributed by atoms with van der Waals surface area (Å²) in [6.07, 6.45) is 7.76. The largest absolute Gasteiger partial charge is 0.482 e. The first-order chi connectivity index (χ1) is 17.5. The molecule has 0 radical (unpaired) electrons. The number of esters is 2. The third-order valence-corrected chi connectivity index (χ3v) is 8.35. The standard InChI is InChI=1S/C32H38O5/c1-20(30(34)35-5)25-8-11-27(24-6-9-26(10-7-24)36-19-29(33)37-31(2,3)4)28(15-25)32-16-21-12-22(17-32)14-23(13-21)18-32/h6-11,15,21-23H,1,12-14,16-19H2,2-5H3. The molecule has 37 heavy (non-hydrogen) atoms. The van der Waals surface area contributed by atoms with E-state index in [4.69, 9.17) is 14.2 Å². The summed E-state index contributed by atoms with van der Waals surface area (Å²) in [4.78, 5) is 24.3. The number of rotatable bonds is 7. The molecule has 2 aromatic rings. The Kier molecular flexibility index (Phi) is 6.68. The predicted octanol–water partition coefficient (Wildman–Crippen LogP) is 6.73. The molecule has 6 rings (SSSR count). The number of carbonyl (C=O) groups is 2. The highest BCUT2D eigenvalue weighted by molar-refractivity contribution is 6.15. The van der Waals surface area contributed by atoms with Gasteiger partial charge in [-0.05, 0) is 123 Å². The van der Waals surface area contributed by atoms with E-state index in [2.05, 4.69) is 30.8 Å². The molecule has 0 atom stereocenters. The van der Waals surface area contributed by atoms with Gasteiger partial charge in [-0.25, -0.2) is 9.59 Å². The maximum atomic E-state index is 12.3. The summed E-state index contributed by atoms with van der Waals surface area (Å²) in [5.41, 5.74) is 4.46. The average molecular weight is 503 g/mol. The molecule has 2 aromatic carbocycles. The van der Waals surface area contributed by atoms with Crippen LogP contribution in [-0.4, -0.2) is 31.3 Å². The average Bonchev–Trinajstić information content (AvgIpc) is 2.85. The SMILES string of the molecule is C=C(C(=O)OC)c1ccc(-c2ccc(OCC(=O)OC(C)(C)C)cc2)c(C23CC4CC(CC(C4)C2)C3)c1. The molecule has 4 aliphatic rings. The van der Waals surface area contributed by atoms with Crippen LogP contribution in [0.25, 0.3) is 16.7 Å². The fraction of sp³-hybridized carbons (Fsp3) is 0.500. The normalized spacial score (nSPS) is 26.0. The van der Waals surface area contributed by atoms with E-state index >= 15 is 0 Å². The van der Waals surface area contributed by atoms with Crippen LogP contribution in [0.3, 0.4) is 0 Å². The zero-order valence-corrected chi connectivity index (χ0v) is 22.5. The molecule has 5 heteroatoms. The Hall–Kier alpha value is -3.08. The molecule has 4 aliphatic carbocycles. The third-order valence-electron chi connectivity index (χ3n) is 8.35. The van der Waals surface area contributed by atoms with Crippen molar-refractivity contribution in [2.45, 2.75) is 70.3 Å². The second kappa shape index (κ2) is 9.66. The van der Waals surface area contributed by atoms with Crippen molar-refractivity contribution in [3.8, 4) is 16.9 Å². The number of hydrogen-bond donors (Lipinski definition) is 0. The number of benzene rings is 2. The van der Waals surface area contributed by atoms with Gasteiger partial charge in [0.2, 0.25) is 0 Å². The van der Waals surface area contributed by atoms with E-state index in [1.54, 1.807) is 0 Å². The van der Waals surface area contributed by atoms with Gasteiger partial charge in [0.05, 0.1) is 12.7 Å². The number of carbonyl (C=O) groups excluding carboxylic acids is 2. The molecule has 5 nitrogen and oxygen atoms in total. The van der Waals surface area contributed by atoms with Crippen LogP contribution < -0.4 is 4.74 Å². The van der Waals surface area contributed by atoms with Gasteiger partial charge in [-0.15, -0.1) is 0 Å². The highest BCUT2D eigenvalue weighted by atomic mass is 16.6. The van der Waals surface area contributed by atoms with Gasteiger partial charge >= 0.3 is 11.9 Å². The molecule has 4 bridgehead atoms. The lowest BCUT2D eigenvalue weighted by Crippen LogP contribution is -2.48. The zero-order chi connectivity index (χ0) is 26.4. The summed E-state index contributed by atoms with van der Waals surface area (Å²) >= 11 is 0. The fourth-order valence-corrected chi connectivity index (χ4v) is 7.35. The van der Waals surface area contributed by atoms with Crippen molar-refractivity contribution in [3.05, 3.63) is 60.2 Å². The lowest BCUT2D eigenvalue weighted by Gasteiger charge is -2.57. The zero-order valence-electron chi connectivity index (χ0n) is 22.5. The minimum Gasteiger partial charge on any atom is -0.482 e. The lowest BCUT2D eigenvalue weighted by molar-refractivity contribution is -0.157. The maximum Gasteiger partial charge on any atom is 0.344 e. The second-order valence-electron chi connectivity index (χ2n) is 12.3. The number of hydrogen-bond acceptors (Lipinski definition) is 5. The van der Waals surface area contributed by atoms with E-state index in [0.717, 1.165) is 28.9 Å². The number of ether oxygens (including phenoxy) is 3. The minimum atomic E-state index is -0.538. The molecule has 0 amide bonds. The summed E-state index contributed by atoms with van der Waals surface area (Å²) in [6, 6.07) is 14.2. The van der Waals surface area contributed by atoms with Crippen LogP contribution in [0, 0.1) is 17.8 Å². The van der Waals surface area contributed by atoms with E-state index < -0.39 is 11.6 Å². The molecule has 0 spiro atoms. The van der Waals surface area contributed by atoms with Crippen LogP contribution in [-0.2, 0) is 24.5 Å². The van der Waals surface area contributed by atoms with E-state index in [1.165, 1.54) is 56.8 Å². The van der Waals surface area contributed by atoms with Gasteiger partial charge in [0, 0.05) is 0 Å². The third kappa shape index (κ3) is 5.32. The Morgan fingerprint density at radius 1 is 0.946 bits per heavy atom. The van der Waals surface area contributed by atoms with Crippen molar-refractivity contribution in [1.82, 2.24) is 0 Å². The van der Waals surface area contributed by atoms with Crippen LogP contribution in [0.2, 0.25) is 0 Å². The van der Waals surface area contributed by atoms with Crippen molar-refractivity contribution >= 4 is 17.5 Å². The Bertz CT molecular complexity index is 1170. The molecule has 0 saturated heterocycles. The van der Waals surface area contributed by atoms with Gasteiger partial charge in [-0.1, -0.05) is 30.8 Å². The highest BCUT2D eigenvalue weighted by Gasteiger charge is 2.52. The Labute approximate surface area is 220 Å². The van der Waals surface area contributed by atoms with Gasteiger partial charge < -0.3 is 14.2 Å². The van der Waals surface area contributed by atoms with E-state index in [0.29, 0.717) is 11.3 Å². The molecule has 4 fully saturated rings. The predicted molar refractivity (Wildman–Crippen MR) is 144 cm³/mol. The maximum absolute atomic E-state index is 12.3. The van der Waals surface area contributed by atoms with Crippen LogP contribution in [0.5, 0.6) is 5.75 Å². The summed E-state index contributed by atoms with van der Waals surface area (Å²) < 4.78 is 16.0. The van der Waals surface area contributed by atoms with E-state index in [1.807, 2.05) is 39.0 Å². The van der Waals surface area contributed by atoms with E-state index in [-0.39, 0.29) is 18.0 Å². The van der Waals surface area contributed by atoms with Crippen molar-refractivity contribution < 1.29 is 23.8 Å². The summed E-state index contributed by atoms with van der Waals surface area (Å²) in [7, 11) is 1.40. The molecular weight excluding hydrogens is 464 g/mol. The topological polar surface area (TPSA) is 61.8 Å². The Balaban J connectivity index is 1.45. The van der Waals surface area contributed by atoms with Crippen molar-refractivity contribution in [3.63, 3.8) is 0 Å². The van der Waals surface area contributed by atoms with Crippen molar-refractivity contribution in [2.24, 2.45) is 17.8 Å². The number of methoxy groups -OCH3 is 1. The van der Waals surface area contributed by atoms with Gasteiger partial charge in [-0.3, -0.25) is 0 Å². The Morgan fingerprint density at radius 3 is 2.08 bits per heavy atom. The molecule has 0 N–H and O–H groups in total. The molecule has 196 valence electrons. The highest BCUT2D eigenvalue weighted by Crippen LogP contribution is 2.62. The van der Waals surface area contributed by atoms with Crippen molar-refractivity contribution in [2.75, 3.05) is 13.7 Å². The fourth-order valence-electron chi connectivity index (χ4n) is 7.35. The summed E-state index contributed by atoms with van der Waals surface area (Å²) in [6.45, 7) is 9.42. The first-order valence-electron chi connectivity index (χ1n) is 13.4. The molecule has 4 saturated carbocycles. The molecule has 0 aromatic heterocycles. The van der Waals surface area contributed by atoms with Crippen LogP contribution in [0.1, 0.15) is 70.4 Å². The van der Waals surface area contributed by atoms with Gasteiger partial charge in [-0.2, -0.15) is 0 Å². The first-order valence-corrected chi connectivity index (χ1v) is 13.4. The van der Waals surface area contributed by atoms with Crippen LogP contribution >= 0.6 is 0 Å². The van der Waals surface area contributed by atoms with Crippen LogP contribution in [0.15, 0.2) is 49.0 Å². The smallest absolute Gasteiger partial charge is 0.344 e. The quantitative estimate of drug-likeness (QED) is 0.310. The van der Waals surface area contributed by atoms with Crippen LogP contribution in [0.4, 0.5) is 0 Å². The van der Waals surface area contributed by atoms with Gasteiger partial charge in [0.1, 0.15) is 11.4 Å². The van der Waals surface area contributed by atoms with Crippen molar-refractivity contribution in [1.29, 1.82) is 0 Å².